The van der Waals surface area contributed by atoms with E-state index in [1.807, 2.05) is 25.1 Å². The van der Waals surface area contributed by atoms with Crippen LogP contribution in [0.15, 0.2) is 35.8 Å². The minimum absolute atomic E-state index is 0.290. The third-order valence-corrected chi connectivity index (χ3v) is 4.75. The number of aromatic nitrogens is 3. The van der Waals surface area contributed by atoms with Gasteiger partial charge in [0.05, 0.1) is 25.9 Å². The van der Waals surface area contributed by atoms with Gasteiger partial charge in [0.1, 0.15) is 12.4 Å². The molecule has 29 heavy (non-hydrogen) atoms. The monoisotopic (exact) mass is 400 g/mol. The van der Waals surface area contributed by atoms with Crippen LogP contribution in [0, 0.1) is 5.92 Å². The van der Waals surface area contributed by atoms with Gasteiger partial charge >= 0.3 is 5.97 Å². The zero-order valence-corrected chi connectivity index (χ0v) is 17.6. The first-order valence-electron chi connectivity index (χ1n) is 9.81. The molecule has 2 aromatic rings. The number of esters is 1. The Bertz CT molecular complexity index is 904. The Kier molecular flexibility index (Phi) is 6.41. The Morgan fingerprint density at radius 3 is 2.79 bits per heavy atom. The summed E-state index contributed by atoms with van der Waals surface area (Å²) >= 11 is 0. The number of hydrogen-bond acceptors (Lipinski definition) is 7. The van der Waals surface area contributed by atoms with Crippen molar-refractivity contribution in [1.82, 2.24) is 14.8 Å². The largest absolute Gasteiger partial charge is 0.493 e. The van der Waals surface area contributed by atoms with Gasteiger partial charge in [0.2, 0.25) is 5.95 Å². The van der Waals surface area contributed by atoms with Gasteiger partial charge in [-0.15, -0.1) is 0 Å². The number of carbonyl (C=O) groups excluding carboxylic acids is 1. The van der Waals surface area contributed by atoms with Crippen LogP contribution in [0.3, 0.4) is 0 Å². The highest BCUT2D eigenvalue weighted by atomic mass is 16.5. The summed E-state index contributed by atoms with van der Waals surface area (Å²) in [6.45, 7) is 8.83. The quantitative estimate of drug-likeness (QED) is 0.678. The van der Waals surface area contributed by atoms with Gasteiger partial charge in [-0.1, -0.05) is 19.9 Å². The van der Waals surface area contributed by atoms with Crippen molar-refractivity contribution in [2.24, 2.45) is 5.92 Å². The van der Waals surface area contributed by atoms with Crippen molar-refractivity contribution in [3.8, 4) is 11.5 Å². The fourth-order valence-corrected chi connectivity index (χ4v) is 3.25. The third-order valence-electron chi connectivity index (χ3n) is 4.75. The lowest BCUT2D eigenvalue weighted by Gasteiger charge is -2.28. The van der Waals surface area contributed by atoms with Crippen LogP contribution in [0.5, 0.6) is 11.5 Å². The van der Waals surface area contributed by atoms with E-state index in [-0.39, 0.29) is 5.97 Å². The molecule has 1 aliphatic heterocycles. The van der Waals surface area contributed by atoms with Gasteiger partial charge in [0.25, 0.3) is 0 Å². The Balaban J connectivity index is 1.99. The lowest BCUT2D eigenvalue weighted by Crippen LogP contribution is -2.29. The fourth-order valence-electron chi connectivity index (χ4n) is 3.25. The molecule has 3 rings (SSSR count). The molecule has 156 valence electrons. The van der Waals surface area contributed by atoms with Gasteiger partial charge < -0.3 is 19.5 Å². The predicted octanol–water partition coefficient (Wildman–Crippen LogP) is 3.56. The number of benzene rings is 1. The van der Waals surface area contributed by atoms with Crippen molar-refractivity contribution < 1.29 is 19.0 Å². The summed E-state index contributed by atoms with van der Waals surface area (Å²) in [6, 6.07) is 5.18. The summed E-state index contributed by atoms with van der Waals surface area (Å²) in [6.07, 6.45) is 2.41. The van der Waals surface area contributed by atoms with Crippen LogP contribution in [0.2, 0.25) is 0 Å². The first-order valence-corrected chi connectivity index (χ1v) is 9.81. The number of nitrogens with zero attached hydrogens (tertiary/aromatic N) is 3. The summed E-state index contributed by atoms with van der Waals surface area (Å²) in [5.41, 5.74) is 2.00. The molecule has 8 nitrogen and oxygen atoms in total. The molecule has 0 saturated carbocycles. The van der Waals surface area contributed by atoms with E-state index < -0.39 is 6.04 Å². The lowest BCUT2D eigenvalue weighted by atomic mass is 9.95. The minimum Gasteiger partial charge on any atom is -0.493 e. The number of nitrogens with one attached hydrogen (secondary N) is 1. The third kappa shape index (κ3) is 4.36. The van der Waals surface area contributed by atoms with E-state index in [0.29, 0.717) is 47.8 Å². The highest BCUT2D eigenvalue weighted by Gasteiger charge is 2.34. The predicted molar refractivity (Wildman–Crippen MR) is 109 cm³/mol. The average Bonchev–Trinajstić information content (AvgIpc) is 3.15. The van der Waals surface area contributed by atoms with Crippen LogP contribution in [0.1, 0.15) is 45.7 Å². The molecular weight excluding hydrogens is 372 g/mol. The number of hydrogen-bond donors (Lipinski definition) is 1. The maximum atomic E-state index is 12.7. The van der Waals surface area contributed by atoms with Crippen LogP contribution in [-0.2, 0) is 9.53 Å². The van der Waals surface area contributed by atoms with Gasteiger partial charge in [-0.2, -0.15) is 10.1 Å². The van der Waals surface area contributed by atoms with Crippen LogP contribution in [-0.4, -0.2) is 41.1 Å². The van der Waals surface area contributed by atoms with Crippen molar-refractivity contribution >= 4 is 11.9 Å². The number of ether oxygens (including phenoxy) is 3. The first kappa shape index (κ1) is 20.7. The maximum absolute atomic E-state index is 12.7. The smallest absolute Gasteiger partial charge is 0.338 e. The molecule has 8 heteroatoms. The second-order valence-corrected chi connectivity index (χ2v) is 7.26. The molecule has 1 unspecified atom stereocenters. The first-order chi connectivity index (χ1) is 14.0. The summed E-state index contributed by atoms with van der Waals surface area (Å²) in [4.78, 5) is 17.0. The van der Waals surface area contributed by atoms with E-state index in [2.05, 4.69) is 29.2 Å². The lowest BCUT2D eigenvalue weighted by molar-refractivity contribution is -0.139. The highest BCUT2D eigenvalue weighted by molar-refractivity contribution is 5.92. The van der Waals surface area contributed by atoms with E-state index in [1.165, 1.54) is 6.33 Å². The standard InChI is InChI=1S/C21H28N4O4/c1-6-28-20(26)18-14(4)24-21-22-12-23-25(21)19(18)15-7-8-16(17(11-15)27-5)29-10-9-13(2)3/h7-8,11-13,19H,6,9-10H2,1-5H3,(H,22,23,24). The van der Waals surface area contributed by atoms with Gasteiger partial charge in [-0.05, 0) is 43.9 Å². The van der Waals surface area contributed by atoms with Crippen LogP contribution in [0.4, 0.5) is 5.95 Å². The number of methoxy groups -OCH3 is 1. The molecule has 0 radical (unpaired) electrons. The molecule has 1 aromatic heterocycles. The van der Waals surface area contributed by atoms with Gasteiger partial charge in [-0.3, -0.25) is 0 Å². The second kappa shape index (κ2) is 8.98. The summed E-state index contributed by atoms with van der Waals surface area (Å²) < 4.78 is 18.4. The van der Waals surface area contributed by atoms with Gasteiger partial charge in [0.15, 0.2) is 11.5 Å². The normalized spacial score (nSPS) is 15.7. The van der Waals surface area contributed by atoms with Crippen molar-refractivity contribution in [1.29, 1.82) is 0 Å². The number of fused-ring (bicyclic) bond motifs is 1. The number of allylic oxidation sites excluding steroid dienone is 1. The Morgan fingerprint density at radius 1 is 1.31 bits per heavy atom. The highest BCUT2D eigenvalue weighted by Crippen LogP contribution is 2.38. The summed E-state index contributed by atoms with van der Waals surface area (Å²) in [5, 5.41) is 7.44. The molecular formula is C21H28N4O4. The van der Waals surface area contributed by atoms with Crippen molar-refractivity contribution in [2.45, 2.75) is 40.2 Å². The number of carbonyl (C=O) groups is 1. The van der Waals surface area contributed by atoms with Crippen molar-refractivity contribution in [3.63, 3.8) is 0 Å². The van der Waals surface area contributed by atoms with Gasteiger partial charge in [0, 0.05) is 5.70 Å². The van der Waals surface area contributed by atoms with E-state index in [9.17, 15) is 4.79 Å². The Morgan fingerprint density at radius 2 is 2.10 bits per heavy atom. The zero-order valence-electron chi connectivity index (χ0n) is 17.6. The second-order valence-electron chi connectivity index (χ2n) is 7.26. The Labute approximate surface area is 170 Å². The topological polar surface area (TPSA) is 87.5 Å². The van der Waals surface area contributed by atoms with E-state index in [1.54, 1.807) is 18.7 Å². The molecule has 0 fully saturated rings. The summed E-state index contributed by atoms with van der Waals surface area (Å²) in [5.74, 6) is 2.01. The number of rotatable bonds is 8. The molecule has 1 N–H and O–H groups in total. The molecule has 1 aliphatic rings. The molecule has 0 saturated heterocycles. The van der Waals surface area contributed by atoms with Crippen molar-refractivity contribution in [2.75, 3.05) is 25.6 Å². The van der Waals surface area contributed by atoms with Crippen molar-refractivity contribution in [3.05, 3.63) is 41.4 Å². The van der Waals surface area contributed by atoms with Crippen LogP contribution in [0.25, 0.3) is 0 Å². The molecule has 2 heterocycles. The maximum Gasteiger partial charge on any atom is 0.338 e. The van der Waals surface area contributed by atoms with E-state index >= 15 is 0 Å². The molecule has 0 spiro atoms. The molecule has 0 amide bonds. The van der Waals surface area contributed by atoms with E-state index in [4.69, 9.17) is 14.2 Å². The van der Waals surface area contributed by atoms with E-state index in [0.717, 1.165) is 12.0 Å². The number of anilines is 1. The molecule has 0 aliphatic carbocycles. The molecule has 1 atom stereocenters. The SMILES string of the molecule is CCOC(=O)C1=C(C)Nc2ncnn2C1c1ccc(OCCC(C)C)c(OC)c1. The summed E-state index contributed by atoms with van der Waals surface area (Å²) in [7, 11) is 1.60. The Hall–Kier alpha value is -3.03. The van der Waals surface area contributed by atoms with Crippen LogP contribution >= 0.6 is 0 Å². The molecule has 0 bridgehead atoms. The minimum atomic E-state index is -0.480. The average molecular weight is 400 g/mol. The fraction of sp³-hybridized carbons (Fsp3) is 0.476. The molecule has 1 aromatic carbocycles. The zero-order chi connectivity index (χ0) is 21.0. The van der Waals surface area contributed by atoms with Crippen LogP contribution < -0.4 is 14.8 Å². The van der Waals surface area contributed by atoms with Gasteiger partial charge in [-0.25, -0.2) is 9.48 Å².